The van der Waals surface area contributed by atoms with Gasteiger partial charge in [0.25, 0.3) is 0 Å². The summed E-state index contributed by atoms with van der Waals surface area (Å²) in [4.78, 5) is 22.0. The van der Waals surface area contributed by atoms with Crippen molar-refractivity contribution in [2.24, 2.45) is 0 Å². The largest absolute Gasteiger partial charge is 0.480 e. The highest BCUT2D eigenvalue weighted by Gasteiger charge is 2.28. The van der Waals surface area contributed by atoms with E-state index in [1.54, 1.807) is 6.92 Å². The van der Waals surface area contributed by atoms with Crippen LogP contribution in [0.5, 0.6) is 0 Å². The van der Waals surface area contributed by atoms with Crippen LogP contribution in [0.3, 0.4) is 0 Å². The van der Waals surface area contributed by atoms with Gasteiger partial charge in [-0.3, -0.25) is 4.79 Å². The van der Waals surface area contributed by atoms with Crippen LogP contribution in [0.1, 0.15) is 15.9 Å². The minimum atomic E-state index is -4.08. The van der Waals surface area contributed by atoms with E-state index in [4.69, 9.17) is 5.11 Å². The standard InChI is InChI=1S/C12H15NO6S/c1-8-4-5-10(9(6-8)12(16)19-3)20(17,18)13(2)7-11(14)15/h4-6H,7H2,1-3H3,(H,14,15). The molecule has 0 spiro atoms. The number of ether oxygens (including phenoxy) is 1. The van der Waals surface area contributed by atoms with Crippen molar-refractivity contribution in [2.45, 2.75) is 11.8 Å². The third-order valence-corrected chi connectivity index (χ3v) is 4.45. The van der Waals surface area contributed by atoms with Gasteiger partial charge in [-0.2, -0.15) is 4.31 Å². The maximum atomic E-state index is 12.3. The number of hydrogen-bond donors (Lipinski definition) is 1. The molecule has 0 saturated carbocycles. The van der Waals surface area contributed by atoms with Gasteiger partial charge in [0.1, 0.15) is 6.54 Å². The number of benzene rings is 1. The zero-order valence-corrected chi connectivity index (χ0v) is 12.1. The first kappa shape index (κ1) is 16.1. The molecule has 0 heterocycles. The molecule has 0 bridgehead atoms. The SMILES string of the molecule is COC(=O)c1cc(C)ccc1S(=O)(=O)N(C)CC(=O)O. The Morgan fingerprint density at radius 2 is 1.95 bits per heavy atom. The summed E-state index contributed by atoms with van der Waals surface area (Å²) in [5.41, 5.74) is 0.565. The number of hydrogen-bond acceptors (Lipinski definition) is 5. The number of sulfonamides is 1. The van der Waals surface area contributed by atoms with Gasteiger partial charge in [0.05, 0.1) is 17.6 Å². The van der Waals surface area contributed by atoms with E-state index in [0.29, 0.717) is 9.87 Å². The number of rotatable bonds is 5. The van der Waals surface area contributed by atoms with Crippen LogP contribution in [0.15, 0.2) is 23.1 Å². The molecule has 0 aliphatic carbocycles. The summed E-state index contributed by atoms with van der Waals surface area (Å²) in [7, 11) is -1.81. The second-order valence-electron chi connectivity index (χ2n) is 4.15. The number of carboxylic acid groups (broad SMARTS) is 1. The number of aliphatic carboxylic acids is 1. The summed E-state index contributed by atoms with van der Waals surface area (Å²) in [6.07, 6.45) is 0. The molecule has 0 amide bonds. The normalized spacial score (nSPS) is 11.4. The Bertz CT molecular complexity index is 637. The van der Waals surface area contributed by atoms with E-state index in [1.807, 2.05) is 0 Å². The quantitative estimate of drug-likeness (QED) is 0.794. The average molecular weight is 301 g/mol. The molecule has 0 saturated heterocycles. The maximum Gasteiger partial charge on any atom is 0.339 e. The van der Waals surface area contributed by atoms with Crippen LogP contribution in [0.25, 0.3) is 0 Å². The van der Waals surface area contributed by atoms with Crippen LogP contribution in [-0.2, 0) is 19.6 Å². The number of esters is 1. The van der Waals surface area contributed by atoms with E-state index >= 15 is 0 Å². The van der Waals surface area contributed by atoms with Crippen molar-refractivity contribution < 1.29 is 27.9 Å². The van der Waals surface area contributed by atoms with Crippen molar-refractivity contribution in [3.63, 3.8) is 0 Å². The molecule has 1 rings (SSSR count). The lowest BCUT2D eigenvalue weighted by atomic mass is 10.1. The summed E-state index contributed by atoms with van der Waals surface area (Å²) < 4.78 is 29.8. The Labute approximate surface area is 116 Å². The molecule has 1 aromatic carbocycles. The number of nitrogens with zero attached hydrogens (tertiary/aromatic N) is 1. The van der Waals surface area contributed by atoms with Crippen LogP contribution in [-0.4, -0.2) is 50.5 Å². The number of carbonyl (C=O) groups is 2. The fourth-order valence-electron chi connectivity index (χ4n) is 1.58. The van der Waals surface area contributed by atoms with Crippen LogP contribution in [0.2, 0.25) is 0 Å². The van der Waals surface area contributed by atoms with Gasteiger partial charge < -0.3 is 9.84 Å². The molecule has 0 fully saturated rings. The lowest BCUT2D eigenvalue weighted by Crippen LogP contribution is -2.33. The summed E-state index contributed by atoms with van der Waals surface area (Å²) in [5.74, 6) is -2.08. The minimum absolute atomic E-state index is 0.121. The fraction of sp³-hybridized carbons (Fsp3) is 0.333. The van der Waals surface area contributed by atoms with Gasteiger partial charge >= 0.3 is 11.9 Å². The van der Waals surface area contributed by atoms with Crippen molar-refractivity contribution >= 4 is 22.0 Å². The van der Waals surface area contributed by atoms with Crippen molar-refractivity contribution in [1.82, 2.24) is 4.31 Å². The number of carbonyl (C=O) groups excluding carboxylic acids is 1. The fourth-order valence-corrected chi connectivity index (χ4v) is 2.86. The first-order valence-corrected chi connectivity index (χ1v) is 7.01. The molecule has 1 N–H and O–H groups in total. The Morgan fingerprint density at radius 3 is 2.45 bits per heavy atom. The second kappa shape index (κ2) is 6.02. The number of likely N-dealkylation sites (N-methyl/N-ethyl adjacent to an activating group) is 1. The average Bonchev–Trinajstić information content (AvgIpc) is 2.36. The van der Waals surface area contributed by atoms with E-state index in [-0.39, 0.29) is 10.5 Å². The predicted octanol–water partition coefficient (Wildman–Crippen LogP) is 0.487. The molecule has 8 heteroatoms. The molecule has 0 aliphatic heterocycles. The Hall–Kier alpha value is -1.93. The van der Waals surface area contributed by atoms with Crippen molar-refractivity contribution in [3.05, 3.63) is 29.3 Å². The van der Waals surface area contributed by atoms with Crippen LogP contribution < -0.4 is 0 Å². The zero-order valence-electron chi connectivity index (χ0n) is 11.3. The molecule has 110 valence electrons. The highest BCUT2D eigenvalue weighted by atomic mass is 32.2. The number of methoxy groups -OCH3 is 1. The minimum Gasteiger partial charge on any atom is -0.480 e. The lowest BCUT2D eigenvalue weighted by molar-refractivity contribution is -0.137. The lowest BCUT2D eigenvalue weighted by Gasteiger charge is -2.17. The van der Waals surface area contributed by atoms with E-state index in [1.165, 1.54) is 18.2 Å². The van der Waals surface area contributed by atoms with E-state index in [0.717, 1.165) is 14.2 Å². The Kier molecular flexibility index (Phi) is 4.85. The zero-order chi connectivity index (χ0) is 15.5. The highest BCUT2D eigenvalue weighted by Crippen LogP contribution is 2.21. The van der Waals surface area contributed by atoms with Gasteiger partial charge in [-0.25, -0.2) is 13.2 Å². The van der Waals surface area contributed by atoms with Crippen molar-refractivity contribution in [2.75, 3.05) is 20.7 Å². The van der Waals surface area contributed by atoms with E-state index in [2.05, 4.69) is 4.74 Å². The van der Waals surface area contributed by atoms with E-state index in [9.17, 15) is 18.0 Å². The first-order chi connectivity index (χ1) is 9.20. The number of carboxylic acids is 1. The number of aryl methyl sites for hydroxylation is 1. The van der Waals surface area contributed by atoms with Gasteiger partial charge in [0, 0.05) is 7.05 Å². The summed E-state index contributed by atoms with van der Waals surface area (Å²) in [6, 6.07) is 4.16. The molecule has 20 heavy (non-hydrogen) atoms. The Balaban J connectivity index is 3.38. The maximum absolute atomic E-state index is 12.3. The van der Waals surface area contributed by atoms with Crippen LogP contribution in [0, 0.1) is 6.92 Å². The molecule has 7 nitrogen and oxygen atoms in total. The molecular weight excluding hydrogens is 286 g/mol. The highest BCUT2D eigenvalue weighted by molar-refractivity contribution is 7.89. The van der Waals surface area contributed by atoms with E-state index < -0.39 is 28.5 Å². The Morgan fingerprint density at radius 1 is 1.35 bits per heavy atom. The van der Waals surface area contributed by atoms with Crippen LogP contribution in [0.4, 0.5) is 0 Å². The topological polar surface area (TPSA) is 101 Å². The van der Waals surface area contributed by atoms with Gasteiger partial charge in [-0.15, -0.1) is 0 Å². The third kappa shape index (κ3) is 3.34. The molecular formula is C12H15NO6S. The molecule has 0 aliphatic rings. The summed E-state index contributed by atoms with van der Waals surface area (Å²) in [5, 5.41) is 8.67. The van der Waals surface area contributed by atoms with Gasteiger partial charge in [-0.1, -0.05) is 11.6 Å². The van der Waals surface area contributed by atoms with Crippen LogP contribution >= 0.6 is 0 Å². The van der Waals surface area contributed by atoms with Gasteiger partial charge in [-0.05, 0) is 19.1 Å². The van der Waals surface area contributed by atoms with Crippen molar-refractivity contribution in [3.8, 4) is 0 Å². The summed E-state index contributed by atoms with van der Waals surface area (Å²) >= 11 is 0. The predicted molar refractivity (Wildman–Crippen MR) is 70.0 cm³/mol. The molecule has 0 aromatic heterocycles. The third-order valence-electron chi connectivity index (χ3n) is 2.59. The molecule has 0 radical (unpaired) electrons. The van der Waals surface area contributed by atoms with Gasteiger partial charge in [0.15, 0.2) is 0 Å². The molecule has 1 aromatic rings. The monoisotopic (exact) mass is 301 g/mol. The smallest absolute Gasteiger partial charge is 0.339 e. The molecule has 0 atom stereocenters. The van der Waals surface area contributed by atoms with Crippen molar-refractivity contribution in [1.29, 1.82) is 0 Å². The summed E-state index contributed by atoms with van der Waals surface area (Å²) in [6.45, 7) is 1.00. The van der Waals surface area contributed by atoms with Gasteiger partial charge in [0.2, 0.25) is 10.0 Å². The molecule has 0 unspecified atom stereocenters. The second-order valence-corrected chi connectivity index (χ2v) is 6.16. The first-order valence-electron chi connectivity index (χ1n) is 5.57.